The molecule has 2 rings (SSSR count). The van der Waals surface area contributed by atoms with Gasteiger partial charge in [0.15, 0.2) is 0 Å². The summed E-state index contributed by atoms with van der Waals surface area (Å²) < 4.78 is 18.3. The number of ether oxygens (including phenoxy) is 1. The Kier molecular flexibility index (Phi) is 4.37. The molecule has 1 aromatic rings. The van der Waals surface area contributed by atoms with Crippen molar-refractivity contribution in [1.29, 1.82) is 0 Å². The fourth-order valence-corrected chi connectivity index (χ4v) is 1.73. The summed E-state index contributed by atoms with van der Waals surface area (Å²) in [5.41, 5.74) is 0.103. The lowest BCUT2D eigenvalue weighted by atomic mass is 10.1. The number of phenolic OH excluding ortho intramolecular Hbond substituents is 1. The zero-order chi connectivity index (χ0) is 13.8. The highest BCUT2D eigenvalue weighted by molar-refractivity contribution is 5.96. The van der Waals surface area contributed by atoms with Crippen molar-refractivity contribution in [1.82, 2.24) is 4.90 Å². The van der Waals surface area contributed by atoms with Crippen molar-refractivity contribution in [3.05, 3.63) is 29.6 Å². The number of halogens is 1. The summed E-state index contributed by atoms with van der Waals surface area (Å²) in [6.07, 6.45) is 2.47. The third kappa shape index (κ3) is 3.92. The van der Waals surface area contributed by atoms with Gasteiger partial charge in [0.1, 0.15) is 11.6 Å². The minimum absolute atomic E-state index is 0.103. The molecule has 0 heterocycles. The molecular weight excluding hydrogens is 249 g/mol. The maximum Gasteiger partial charge on any atom is 0.257 e. The second-order valence-electron chi connectivity index (χ2n) is 4.91. The first-order chi connectivity index (χ1) is 9.08. The molecular formula is C14H18FNO3. The van der Waals surface area contributed by atoms with Gasteiger partial charge in [-0.2, -0.15) is 0 Å². The van der Waals surface area contributed by atoms with E-state index in [1.54, 1.807) is 7.05 Å². The summed E-state index contributed by atoms with van der Waals surface area (Å²) in [5, 5.41) is 9.54. The van der Waals surface area contributed by atoms with Gasteiger partial charge in [-0.1, -0.05) is 0 Å². The lowest BCUT2D eigenvalue weighted by Crippen LogP contribution is -2.30. The lowest BCUT2D eigenvalue weighted by Gasteiger charge is -2.17. The molecule has 0 atom stereocenters. The number of amides is 1. The summed E-state index contributed by atoms with van der Waals surface area (Å²) >= 11 is 0. The summed E-state index contributed by atoms with van der Waals surface area (Å²) in [7, 11) is 1.63. The van der Waals surface area contributed by atoms with E-state index in [0.29, 0.717) is 19.1 Å². The summed E-state index contributed by atoms with van der Waals surface area (Å²) in [4.78, 5) is 13.5. The third-order valence-electron chi connectivity index (χ3n) is 3.16. The Balaban J connectivity index is 1.83. The van der Waals surface area contributed by atoms with Gasteiger partial charge in [-0.05, 0) is 30.9 Å². The molecule has 1 amide bonds. The van der Waals surface area contributed by atoms with Crippen LogP contribution in [0.3, 0.4) is 0 Å². The third-order valence-corrected chi connectivity index (χ3v) is 3.16. The van der Waals surface area contributed by atoms with Crippen molar-refractivity contribution in [2.75, 3.05) is 26.8 Å². The first kappa shape index (κ1) is 13.8. The van der Waals surface area contributed by atoms with Crippen LogP contribution in [0.15, 0.2) is 18.2 Å². The molecule has 0 unspecified atom stereocenters. The number of hydrogen-bond donors (Lipinski definition) is 1. The van der Waals surface area contributed by atoms with E-state index in [2.05, 4.69) is 0 Å². The van der Waals surface area contributed by atoms with Crippen molar-refractivity contribution in [3.63, 3.8) is 0 Å². The number of carbonyl (C=O) groups is 1. The van der Waals surface area contributed by atoms with Crippen LogP contribution in [0.25, 0.3) is 0 Å². The molecule has 19 heavy (non-hydrogen) atoms. The molecule has 104 valence electrons. The molecule has 4 nitrogen and oxygen atoms in total. The van der Waals surface area contributed by atoms with Gasteiger partial charge in [0.05, 0.1) is 12.2 Å². The highest BCUT2D eigenvalue weighted by Crippen LogP contribution is 2.28. The standard InChI is InChI=1S/C14H18FNO3/c1-16(6-7-19-9-10-2-3-10)14(18)12-5-4-11(15)8-13(12)17/h4-5,8,10,17H,2-3,6-7,9H2,1H3. The zero-order valence-electron chi connectivity index (χ0n) is 10.9. The van der Waals surface area contributed by atoms with Crippen molar-refractivity contribution in [2.24, 2.45) is 5.92 Å². The molecule has 1 aliphatic rings. The van der Waals surface area contributed by atoms with Crippen LogP contribution < -0.4 is 0 Å². The minimum Gasteiger partial charge on any atom is -0.507 e. The van der Waals surface area contributed by atoms with Crippen LogP contribution in [0.4, 0.5) is 4.39 Å². The number of phenols is 1. The lowest BCUT2D eigenvalue weighted by molar-refractivity contribution is 0.0678. The highest BCUT2D eigenvalue weighted by atomic mass is 19.1. The summed E-state index contributed by atoms with van der Waals surface area (Å²) in [5.74, 6) is -0.546. The van der Waals surface area contributed by atoms with E-state index in [1.807, 2.05) is 0 Å². The van der Waals surface area contributed by atoms with E-state index < -0.39 is 5.82 Å². The van der Waals surface area contributed by atoms with E-state index in [0.717, 1.165) is 18.7 Å². The quantitative estimate of drug-likeness (QED) is 0.802. The zero-order valence-corrected chi connectivity index (χ0v) is 10.9. The number of aromatic hydroxyl groups is 1. The smallest absolute Gasteiger partial charge is 0.257 e. The number of likely N-dealkylation sites (N-methyl/N-ethyl adjacent to an activating group) is 1. The SMILES string of the molecule is CN(CCOCC1CC1)C(=O)c1ccc(F)cc1O. The summed E-state index contributed by atoms with van der Waals surface area (Å²) in [6, 6.07) is 3.38. The fourth-order valence-electron chi connectivity index (χ4n) is 1.73. The Morgan fingerprint density at radius 3 is 2.89 bits per heavy atom. The molecule has 1 aliphatic carbocycles. The maximum absolute atomic E-state index is 12.8. The predicted octanol–water partition coefficient (Wildman–Crippen LogP) is 2.03. The van der Waals surface area contributed by atoms with Crippen LogP contribution in [0, 0.1) is 11.7 Å². The van der Waals surface area contributed by atoms with Gasteiger partial charge in [-0.3, -0.25) is 4.79 Å². The Morgan fingerprint density at radius 1 is 1.53 bits per heavy atom. The number of nitrogens with zero attached hydrogens (tertiary/aromatic N) is 1. The first-order valence-electron chi connectivity index (χ1n) is 6.39. The highest BCUT2D eigenvalue weighted by Gasteiger charge is 2.21. The topological polar surface area (TPSA) is 49.8 Å². The second-order valence-corrected chi connectivity index (χ2v) is 4.91. The van der Waals surface area contributed by atoms with Crippen LogP contribution >= 0.6 is 0 Å². The number of carbonyl (C=O) groups excluding carboxylic acids is 1. The van der Waals surface area contributed by atoms with Crippen LogP contribution in [-0.4, -0.2) is 42.7 Å². The average Bonchev–Trinajstić information content (AvgIpc) is 3.17. The van der Waals surface area contributed by atoms with Crippen LogP contribution in [0.1, 0.15) is 23.2 Å². The normalized spacial score (nSPS) is 14.4. The van der Waals surface area contributed by atoms with Gasteiger partial charge in [0.25, 0.3) is 5.91 Å². The number of hydrogen-bond acceptors (Lipinski definition) is 3. The molecule has 0 saturated heterocycles. The van der Waals surface area contributed by atoms with E-state index >= 15 is 0 Å². The van der Waals surface area contributed by atoms with Crippen molar-refractivity contribution >= 4 is 5.91 Å². The average molecular weight is 267 g/mol. The largest absolute Gasteiger partial charge is 0.507 e. The molecule has 0 aliphatic heterocycles. The molecule has 1 aromatic carbocycles. The predicted molar refractivity (Wildman–Crippen MR) is 68.6 cm³/mol. The fraction of sp³-hybridized carbons (Fsp3) is 0.500. The van der Waals surface area contributed by atoms with Crippen molar-refractivity contribution < 1.29 is 19.0 Å². The van der Waals surface area contributed by atoms with Crippen molar-refractivity contribution in [2.45, 2.75) is 12.8 Å². The van der Waals surface area contributed by atoms with Gasteiger partial charge in [0.2, 0.25) is 0 Å². The molecule has 0 spiro atoms. The van der Waals surface area contributed by atoms with Crippen LogP contribution in [-0.2, 0) is 4.74 Å². The van der Waals surface area contributed by atoms with Crippen molar-refractivity contribution in [3.8, 4) is 5.75 Å². The molecule has 1 saturated carbocycles. The van der Waals surface area contributed by atoms with Gasteiger partial charge < -0.3 is 14.7 Å². The van der Waals surface area contributed by atoms with Gasteiger partial charge >= 0.3 is 0 Å². The Morgan fingerprint density at radius 2 is 2.26 bits per heavy atom. The molecule has 5 heteroatoms. The van der Waals surface area contributed by atoms with E-state index in [4.69, 9.17) is 4.74 Å². The monoisotopic (exact) mass is 267 g/mol. The Hall–Kier alpha value is -1.62. The van der Waals surface area contributed by atoms with Gasteiger partial charge in [0, 0.05) is 26.3 Å². The number of benzene rings is 1. The molecule has 0 aromatic heterocycles. The van der Waals surface area contributed by atoms with Crippen LogP contribution in [0.5, 0.6) is 5.75 Å². The molecule has 1 N–H and O–H groups in total. The number of rotatable bonds is 6. The van der Waals surface area contributed by atoms with Crippen LogP contribution in [0.2, 0.25) is 0 Å². The maximum atomic E-state index is 12.8. The minimum atomic E-state index is -0.565. The van der Waals surface area contributed by atoms with E-state index in [1.165, 1.54) is 23.8 Å². The van der Waals surface area contributed by atoms with Gasteiger partial charge in [-0.15, -0.1) is 0 Å². The second kappa shape index (κ2) is 6.02. The first-order valence-corrected chi connectivity index (χ1v) is 6.39. The molecule has 1 fully saturated rings. The Labute approximate surface area is 111 Å². The van der Waals surface area contributed by atoms with Gasteiger partial charge in [-0.25, -0.2) is 4.39 Å². The molecule has 0 radical (unpaired) electrons. The van der Waals surface area contributed by atoms with E-state index in [-0.39, 0.29) is 17.2 Å². The Bertz CT molecular complexity index is 460. The van der Waals surface area contributed by atoms with E-state index in [9.17, 15) is 14.3 Å². The summed E-state index contributed by atoms with van der Waals surface area (Å²) in [6.45, 7) is 1.67. The molecule has 0 bridgehead atoms.